The maximum atomic E-state index is 14.2. The summed E-state index contributed by atoms with van der Waals surface area (Å²) >= 11 is 0. The highest BCUT2D eigenvalue weighted by molar-refractivity contribution is 6.01. The zero-order valence-electron chi connectivity index (χ0n) is 19.2. The van der Waals surface area contributed by atoms with Gasteiger partial charge in [0.1, 0.15) is 22.9 Å². The number of amides is 1. The van der Waals surface area contributed by atoms with Crippen molar-refractivity contribution in [3.05, 3.63) is 75.5 Å². The normalized spacial score (nSPS) is 11.5. The van der Waals surface area contributed by atoms with Crippen molar-refractivity contribution in [1.29, 1.82) is 5.26 Å². The Balaban J connectivity index is 2.00. The van der Waals surface area contributed by atoms with Gasteiger partial charge in [0.15, 0.2) is 11.6 Å². The Morgan fingerprint density at radius 1 is 1.29 bits per heavy atom. The van der Waals surface area contributed by atoms with Crippen LogP contribution in [0.25, 0.3) is 11.7 Å². The molecular formula is C25H25FN4O4. The van der Waals surface area contributed by atoms with Crippen LogP contribution in [0.3, 0.4) is 0 Å². The number of nitrogens with one attached hydrogen (secondary N) is 1. The van der Waals surface area contributed by atoms with E-state index in [4.69, 9.17) is 9.47 Å². The van der Waals surface area contributed by atoms with Gasteiger partial charge in [0.25, 0.3) is 11.5 Å². The van der Waals surface area contributed by atoms with E-state index in [0.29, 0.717) is 24.2 Å². The second kappa shape index (κ2) is 11.2. The molecule has 0 spiro atoms. The molecule has 3 rings (SSSR count). The number of pyridine rings is 1. The molecule has 1 amide bonds. The summed E-state index contributed by atoms with van der Waals surface area (Å²) in [5, 5.41) is 12.2. The molecule has 0 aliphatic rings. The third-order valence-electron chi connectivity index (χ3n) is 4.80. The number of nitriles is 1. The number of hydrogen-bond donors (Lipinski definition) is 1. The maximum Gasteiger partial charge on any atom is 0.269 e. The summed E-state index contributed by atoms with van der Waals surface area (Å²) in [5.74, 6) is -1.66. The maximum absolute atomic E-state index is 14.2. The predicted octanol–water partition coefficient (Wildman–Crippen LogP) is 3.77. The number of nitrogens with zero attached hydrogens (tertiary/aromatic N) is 3. The van der Waals surface area contributed by atoms with E-state index in [1.54, 1.807) is 25.1 Å². The van der Waals surface area contributed by atoms with Gasteiger partial charge >= 0.3 is 0 Å². The molecule has 0 saturated carbocycles. The minimum atomic E-state index is -0.655. The zero-order chi connectivity index (χ0) is 24.7. The number of fused-ring (bicyclic) bond motifs is 1. The van der Waals surface area contributed by atoms with Gasteiger partial charge in [0, 0.05) is 19.3 Å². The third-order valence-corrected chi connectivity index (χ3v) is 4.80. The molecule has 0 atom stereocenters. The average Bonchev–Trinajstić information content (AvgIpc) is 2.80. The fourth-order valence-electron chi connectivity index (χ4n) is 3.11. The van der Waals surface area contributed by atoms with E-state index in [1.165, 1.54) is 28.8 Å². The van der Waals surface area contributed by atoms with Crippen LogP contribution in [0.1, 0.15) is 31.4 Å². The van der Waals surface area contributed by atoms with E-state index < -0.39 is 17.3 Å². The molecule has 0 radical (unpaired) electrons. The van der Waals surface area contributed by atoms with Gasteiger partial charge in [0.05, 0.1) is 6.10 Å². The number of carbonyl (C=O) groups excluding carboxylic acids is 1. The fourth-order valence-corrected chi connectivity index (χ4v) is 3.11. The van der Waals surface area contributed by atoms with Gasteiger partial charge in [-0.25, -0.2) is 4.39 Å². The van der Waals surface area contributed by atoms with E-state index in [0.717, 1.165) is 6.08 Å². The molecule has 176 valence electrons. The van der Waals surface area contributed by atoms with Crippen LogP contribution in [0.2, 0.25) is 0 Å². The first kappa shape index (κ1) is 24.6. The van der Waals surface area contributed by atoms with Crippen molar-refractivity contribution in [1.82, 2.24) is 14.7 Å². The van der Waals surface area contributed by atoms with Gasteiger partial charge in [-0.1, -0.05) is 18.2 Å². The van der Waals surface area contributed by atoms with Crippen molar-refractivity contribution in [2.75, 3.05) is 13.2 Å². The molecule has 0 bridgehead atoms. The summed E-state index contributed by atoms with van der Waals surface area (Å²) in [6, 6.07) is 10.9. The number of halogens is 1. The van der Waals surface area contributed by atoms with E-state index in [1.807, 2.05) is 19.9 Å². The number of rotatable bonds is 9. The van der Waals surface area contributed by atoms with Crippen LogP contribution in [0, 0.1) is 24.1 Å². The first-order valence-electron chi connectivity index (χ1n) is 10.8. The smallest absolute Gasteiger partial charge is 0.269 e. The number of hydrogen-bond acceptors (Lipinski definition) is 6. The summed E-state index contributed by atoms with van der Waals surface area (Å²) < 4.78 is 26.6. The number of aryl methyl sites for hydroxylation is 1. The second-order valence-corrected chi connectivity index (χ2v) is 7.75. The molecule has 34 heavy (non-hydrogen) atoms. The lowest BCUT2D eigenvalue weighted by molar-refractivity contribution is -0.117. The van der Waals surface area contributed by atoms with Gasteiger partial charge in [-0.15, -0.1) is 0 Å². The van der Waals surface area contributed by atoms with Crippen molar-refractivity contribution in [3.63, 3.8) is 0 Å². The van der Waals surface area contributed by atoms with Crippen LogP contribution in [0.15, 0.2) is 53.0 Å². The predicted molar refractivity (Wildman–Crippen MR) is 125 cm³/mol. The van der Waals surface area contributed by atoms with Gasteiger partial charge < -0.3 is 14.8 Å². The van der Waals surface area contributed by atoms with Gasteiger partial charge in [-0.3, -0.25) is 14.0 Å². The average molecular weight is 464 g/mol. The molecule has 0 saturated heterocycles. The zero-order valence-corrected chi connectivity index (χ0v) is 19.2. The number of aromatic nitrogens is 2. The van der Waals surface area contributed by atoms with Crippen molar-refractivity contribution < 1.29 is 18.7 Å². The number of ether oxygens (including phenoxy) is 2. The van der Waals surface area contributed by atoms with Crippen molar-refractivity contribution >= 4 is 17.6 Å². The Hall–Kier alpha value is -4.03. The van der Waals surface area contributed by atoms with Crippen LogP contribution < -0.4 is 15.6 Å². The largest absolute Gasteiger partial charge is 0.435 e. The number of benzene rings is 1. The monoisotopic (exact) mass is 464 g/mol. The van der Waals surface area contributed by atoms with Crippen molar-refractivity contribution in [2.45, 2.75) is 33.3 Å². The van der Waals surface area contributed by atoms with Crippen LogP contribution in [0.5, 0.6) is 11.6 Å². The molecule has 1 N–H and O–H groups in total. The second-order valence-electron chi connectivity index (χ2n) is 7.75. The standard InChI is InChI=1S/C25H25FN4O4/c1-16(2)33-13-7-11-28-23(31)18(15-27)14-19-24(34-21-10-5-4-9-20(21)26)29-22-17(3)8-6-12-30(22)25(19)32/h4-6,8-10,12,14,16H,7,11,13H2,1-3H3,(H,28,31). The summed E-state index contributed by atoms with van der Waals surface area (Å²) in [7, 11) is 0. The molecule has 0 aliphatic heterocycles. The molecule has 2 aromatic heterocycles. The Morgan fingerprint density at radius 3 is 2.76 bits per heavy atom. The molecule has 0 aliphatic carbocycles. The summed E-state index contributed by atoms with van der Waals surface area (Å²) in [5.41, 5.74) is -0.0266. The number of carbonyl (C=O) groups is 1. The van der Waals surface area contributed by atoms with Crippen LogP contribution in [-0.2, 0) is 9.53 Å². The van der Waals surface area contributed by atoms with Gasteiger partial charge in [-0.2, -0.15) is 10.2 Å². The first-order valence-corrected chi connectivity index (χ1v) is 10.8. The van der Waals surface area contributed by atoms with Crippen molar-refractivity contribution in [3.8, 4) is 17.7 Å². The Morgan fingerprint density at radius 2 is 2.06 bits per heavy atom. The Labute approximate surface area is 196 Å². The lowest BCUT2D eigenvalue weighted by Gasteiger charge is -2.12. The highest BCUT2D eigenvalue weighted by Crippen LogP contribution is 2.26. The van der Waals surface area contributed by atoms with E-state index in [9.17, 15) is 19.2 Å². The van der Waals surface area contributed by atoms with E-state index >= 15 is 0 Å². The molecular weight excluding hydrogens is 439 g/mol. The molecule has 0 fully saturated rings. The van der Waals surface area contributed by atoms with Gasteiger partial charge in [0.2, 0.25) is 5.88 Å². The minimum absolute atomic E-state index is 0.0788. The van der Waals surface area contributed by atoms with Crippen LogP contribution in [0.4, 0.5) is 4.39 Å². The molecule has 3 aromatic rings. The van der Waals surface area contributed by atoms with Crippen LogP contribution >= 0.6 is 0 Å². The molecule has 1 aromatic carbocycles. The van der Waals surface area contributed by atoms with Gasteiger partial charge in [-0.05, 0) is 57.0 Å². The molecule has 9 heteroatoms. The van der Waals surface area contributed by atoms with Crippen LogP contribution in [-0.4, -0.2) is 34.5 Å². The number of para-hydroxylation sites is 1. The lowest BCUT2D eigenvalue weighted by atomic mass is 10.1. The highest BCUT2D eigenvalue weighted by Gasteiger charge is 2.19. The Kier molecular flexibility index (Phi) is 8.11. The Bertz CT molecular complexity index is 1320. The summed E-state index contributed by atoms with van der Waals surface area (Å²) in [6.07, 6.45) is 3.27. The van der Waals surface area contributed by atoms with E-state index in [-0.39, 0.29) is 35.4 Å². The van der Waals surface area contributed by atoms with E-state index in [2.05, 4.69) is 10.3 Å². The summed E-state index contributed by atoms with van der Waals surface area (Å²) in [6.45, 7) is 6.33. The molecule has 8 nitrogen and oxygen atoms in total. The van der Waals surface area contributed by atoms with Crippen molar-refractivity contribution in [2.24, 2.45) is 0 Å². The highest BCUT2D eigenvalue weighted by atomic mass is 19.1. The topological polar surface area (TPSA) is 106 Å². The minimum Gasteiger partial charge on any atom is -0.435 e. The third kappa shape index (κ3) is 5.85. The summed E-state index contributed by atoms with van der Waals surface area (Å²) in [4.78, 5) is 30.2. The lowest BCUT2D eigenvalue weighted by Crippen LogP contribution is -2.27. The molecule has 2 heterocycles. The fraction of sp³-hybridized carbons (Fsp3) is 0.280. The molecule has 0 unspecified atom stereocenters. The SMILES string of the molecule is Cc1cccn2c(=O)c(C=C(C#N)C(=O)NCCCOC(C)C)c(Oc3ccccc3F)nc12. The first-order chi connectivity index (χ1) is 16.3. The quantitative estimate of drug-likeness (QED) is 0.294.